The summed E-state index contributed by atoms with van der Waals surface area (Å²) in [5.41, 5.74) is 0. The van der Waals surface area contributed by atoms with Crippen LogP contribution in [0, 0.1) is 0 Å². The van der Waals surface area contributed by atoms with Crippen molar-refractivity contribution in [1.29, 1.82) is 0 Å². The molecule has 0 aliphatic carbocycles. The molecular formula is C37H76Cl2N4O2. The second kappa shape index (κ2) is 33.1. The van der Waals surface area contributed by atoms with Gasteiger partial charge in [-0.15, -0.1) is 0 Å². The maximum Gasteiger partial charge on any atom is 0.219 e. The van der Waals surface area contributed by atoms with Crippen molar-refractivity contribution in [2.24, 2.45) is 0 Å². The van der Waals surface area contributed by atoms with Crippen LogP contribution in [0.15, 0.2) is 12.2 Å². The highest BCUT2D eigenvalue weighted by Gasteiger charge is 2.15. The fourth-order valence-electron chi connectivity index (χ4n) is 5.56. The minimum absolute atomic E-state index is 0. The number of halogens is 2. The summed E-state index contributed by atoms with van der Waals surface area (Å²) < 4.78 is 1.87. The molecule has 0 aliphatic heterocycles. The molecule has 270 valence electrons. The molecule has 8 heteroatoms. The van der Waals surface area contributed by atoms with E-state index in [1.54, 1.807) is 0 Å². The van der Waals surface area contributed by atoms with Gasteiger partial charge in [-0.3, -0.25) is 9.59 Å². The molecule has 0 heterocycles. The molecule has 0 atom stereocenters. The highest BCUT2D eigenvalue weighted by molar-refractivity contribution is 5.76. The molecule has 0 aromatic heterocycles. The predicted molar refractivity (Wildman–Crippen MR) is 187 cm³/mol. The second-order valence-electron chi connectivity index (χ2n) is 14.4. The van der Waals surface area contributed by atoms with Gasteiger partial charge in [0.1, 0.15) is 0 Å². The maximum atomic E-state index is 12.2. The molecule has 6 nitrogen and oxygen atoms in total. The quantitative estimate of drug-likeness (QED) is 0.0671. The van der Waals surface area contributed by atoms with Gasteiger partial charge in [0.15, 0.2) is 0 Å². The van der Waals surface area contributed by atoms with Crippen molar-refractivity contribution < 1.29 is 43.4 Å². The Morgan fingerprint density at radius 3 is 1.07 bits per heavy atom. The normalized spacial score (nSPS) is 11.7. The first-order valence-electron chi connectivity index (χ1n) is 18.4. The van der Waals surface area contributed by atoms with E-state index >= 15 is 0 Å². The molecule has 2 amide bonds. The van der Waals surface area contributed by atoms with Crippen LogP contribution in [-0.4, -0.2) is 88.2 Å². The number of nitrogens with zero attached hydrogens (tertiary/aromatic N) is 2. The summed E-state index contributed by atoms with van der Waals surface area (Å²) >= 11 is 0. The molecule has 0 radical (unpaired) electrons. The van der Waals surface area contributed by atoms with Crippen LogP contribution in [0.25, 0.3) is 0 Å². The van der Waals surface area contributed by atoms with Gasteiger partial charge in [0, 0.05) is 38.8 Å². The van der Waals surface area contributed by atoms with E-state index in [-0.39, 0.29) is 36.6 Å². The molecule has 0 rings (SSSR count). The summed E-state index contributed by atoms with van der Waals surface area (Å²) in [6, 6.07) is 0. The summed E-state index contributed by atoms with van der Waals surface area (Å²) in [5, 5.41) is 6.25. The Balaban J connectivity index is -0.00000882. The minimum atomic E-state index is 0. The fraction of sp³-hybridized carbons (Fsp3) is 0.892. The largest absolute Gasteiger partial charge is 1.00 e. The van der Waals surface area contributed by atoms with Crippen LogP contribution in [0.3, 0.4) is 0 Å². The smallest absolute Gasteiger partial charge is 0.219 e. The summed E-state index contributed by atoms with van der Waals surface area (Å²) in [4.78, 5) is 24.3. The monoisotopic (exact) mass is 679 g/mol. The van der Waals surface area contributed by atoms with Gasteiger partial charge in [0.25, 0.3) is 0 Å². The van der Waals surface area contributed by atoms with Gasteiger partial charge in [0.2, 0.25) is 11.8 Å². The average molecular weight is 680 g/mol. The van der Waals surface area contributed by atoms with E-state index in [4.69, 9.17) is 0 Å². The Bertz CT molecular complexity index is 702. The van der Waals surface area contributed by atoms with Crippen LogP contribution in [0.5, 0.6) is 0 Å². The Morgan fingerprint density at radius 2 is 0.756 bits per heavy atom. The van der Waals surface area contributed by atoms with Gasteiger partial charge < -0.3 is 44.4 Å². The number of likely N-dealkylation sites (N-methyl/N-ethyl adjacent to an activating group) is 2. The number of amides is 2. The summed E-state index contributed by atoms with van der Waals surface area (Å²) in [7, 11) is 9.07. The van der Waals surface area contributed by atoms with Crippen molar-refractivity contribution in [3.05, 3.63) is 12.2 Å². The zero-order valence-electron chi connectivity index (χ0n) is 30.7. The third-order valence-electron chi connectivity index (χ3n) is 8.66. The van der Waals surface area contributed by atoms with Crippen molar-refractivity contribution >= 4 is 11.8 Å². The Labute approximate surface area is 293 Å². The molecule has 0 aromatic carbocycles. The number of nitrogens with one attached hydrogen (secondary N) is 2. The van der Waals surface area contributed by atoms with E-state index in [9.17, 15) is 9.59 Å². The van der Waals surface area contributed by atoms with Crippen LogP contribution in [-0.2, 0) is 9.59 Å². The van der Waals surface area contributed by atoms with E-state index in [2.05, 4.69) is 64.8 Å². The molecule has 0 bridgehead atoms. The number of unbranched alkanes of at least 4 members (excludes halogenated alkanes) is 15. The van der Waals surface area contributed by atoms with Gasteiger partial charge >= 0.3 is 0 Å². The zero-order valence-corrected chi connectivity index (χ0v) is 32.2. The first kappa shape index (κ1) is 48.6. The van der Waals surface area contributed by atoms with E-state index in [0.29, 0.717) is 12.8 Å². The van der Waals surface area contributed by atoms with E-state index < -0.39 is 0 Å². The number of hydrogen-bond acceptors (Lipinski definition) is 2. The predicted octanol–water partition coefficient (Wildman–Crippen LogP) is 2.17. The minimum Gasteiger partial charge on any atom is -1.00 e. The summed E-state index contributed by atoms with van der Waals surface area (Å²) in [6.07, 6.45) is 29.7. The molecule has 45 heavy (non-hydrogen) atoms. The SMILES string of the molecule is CCCCCCCCCCCC(=O)NCCC[N+](C)(C)CC=CC[N+](C)(C)CCCNC(=O)CCCCCCCCCC.[Cl-].[Cl-]. The third kappa shape index (κ3) is 35.9. The number of quaternary nitrogens is 2. The van der Waals surface area contributed by atoms with Crippen LogP contribution < -0.4 is 35.4 Å². The van der Waals surface area contributed by atoms with Gasteiger partial charge in [-0.1, -0.05) is 110 Å². The van der Waals surface area contributed by atoms with Crippen LogP contribution in [0.4, 0.5) is 0 Å². The summed E-state index contributed by atoms with van der Waals surface area (Å²) in [5.74, 6) is 0.436. The fourth-order valence-corrected chi connectivity index (χ4v) is 5.56. The standard InChI is InChI=1S/C37H74N4O2.2ClH/c1-7-9-11-13-15-17-19-21-23-29-37(43)39-31-27-35-41(5,6)33-25-24-32-40(3,4)34-26-30-38-36(42)28-22-20-18-16-14-12-10-8-2;;/h24-25H,7-23,26-35H2,1-6H3;2*1H. The van der Waals surface area contributed by atoms with E-state index in [0.717, 1.165) is 73.9 Å². The lowest BCUT2D eigenvalue weighted by Gasteiger charge is -2.30. The average Bonchev–Trinajstić information content (AvgIpc) is 2.96. The van der Waals surface area contributed by atoms with Gasteiger partial charge in [-0.25, -0.2) is 0 Å². The van der Waals surface area contributed by atoms with Crippen molar-refractivity contribution in [1.82, 2.24) is 10.6 Å². The Morgan fingerprint density at radius 1 is 0.467 bits per heavy atom. The maximum absolute atomic E-state index is 12.2. The highest BCUT2D eigenvalue weighted by atomic mass is 35.5. The number of hydrogen-bond donors (Lipinski definition) is 2. The molecule has 0 saturated carbocycles. The number of carbonyl (C=O) groups excluding carboxylic acids is 2. The van der Waals surface area contributed by atoms with E-state index in [1.807, 2.05) is 0 Å². The number of rotatable bonds is 31. The summed E-state index contributed by atoms with van der Waals surface area (Å²) in [6.45, 7) is 10.2. The first-order chi connectivity index (χ1) is 20.6. The van der Waals surface area contributed by atoms with Crippen LogP contribution in [0.1, 0.15) is 149 Å². The van der Waals surface area contributed by atoms with Crippen molar-refractivity contribution in [2.75, 3.05) is 67.5 Å². The Kier molecular flexibility index (Phi) is 35.7. The highest BCUT2D eigenvalue weighted by Crippen LogP contribution is 2.11. The molecular weight excluding hydrogens is 603 g/mol. The zero-order chi connectivity index (χ0) is 32.1. The van der Waals surface area contributed by atoms with E-state index in [1.165, 1.54) is 96.3 Å². The lowest BCUT2D eigenvalue weighted by molar-refractivity contribution is -0.887. The molecule has 0 unspecified atom stereocenters. The molecule has 0 spiro atoms. The van der Waals surface area contributed by atoms with Crippen molar-refractivity contribution in [3.63, 3.8) is 0 Å². The van der Waals surface area contributed by atoms with Gasteiger partial charge in [0.05, 0.1) is 54.4 Å². The topological polar surface area (TPSA) is 58.2 Å². The Hall–Kier alpha value is -0.820. The lowest BCUT2D eigenvalue weighted by atomic mass is 10.1. The first-order valence-corrected chi connectivity index (χ1v) is 18.4. The molecule has 0 fully saturated rings. The molecule has 0 aliphatic rings. The van der Waals surface area contributed by atoms with Crippen LogP contribution in [0.2, 0.25) is 0 Å². The lowest BCUT2D eigenvalue weighted by Crippen LogP contribution is -3.00. The number of carbonyl (C=O) groups is 2. The second-order valence-corrected chi connectivity index (χ2v) is 14.4. The van der Waals surface area contributed by atoms with Gasteiger partial charge in [-0.05, 0) is 25.0 Å². The van der Waals surface area contributed by atoms with Crippen molar-refractivity contribution in [3.8, 4) is 0 Å². The molecule has 0 aromatic rings. The molecule has 0 saturated heterocycles. The third-order valence-corrected chi connectivity index (χ3v) is 8.66. The van der Waals surface area contributed by atoms with Crippen molar-refractivity contribution in [2.45, 2.75) is 149 Å². The molecule has 2 N–H and O–H groups in total. The van der Waals surface area contributed by atoms with Crippen LogP contribution >= 0.6 is 0 Å². The van der Waals surface area contributed by atoms with Gasteiger partial charge in [-0.2, -0.15) is 0 Å².